The summed E-state index contributed by atoms with van der Waals surface area (Å²) >= 11 is 3.64. The summed E-state index contributed by atoms with van der Waals surface area (Å²) in [5.74, 6) is 5.50. The summed E-state index contributed by atoms with van der Waals surface area (Å²) in [5, 5.41) is 0. The van der Waals surface area contributed by atoms with Crippen molar-refractivity contribution in [3.63, 3.8) is 0 Å². The second-order valence-corrected chi connectivity index (χ2v) is 13.2. The van der Waals surface area contributed by atoms with Gasteiger partial charge in [-0.2, -0.15) is 0 Å². The number of carbonyl (C=O) groups excluding carboxylic acids is 1. The SMILES string of the molecule is CC(C)CCC[C@H](C)[C@@H]1CC[C@@H]2[C@@H]3CC=C4C[C@H](Br)C(=O)C[C@]4(C)[C@@H]3CC[C@]21C. The zero-order valence-corrected chi connectivity index (χ0v) is 21.1. The van der Waals surface area contributed by atoms with E-state index in [1.165, 1.54) is 51.4 Å². The van der Waals surface area contributed by atoms with Crippen LogP contribution < -0.4 is 0 Å². The number of ketones is 1. The maximum atomic E-state index is 12.6. The summed E-state index contributed by atoms with van der Waals surface area (Å²) in [5.41, 5.74) is 2.28. The monoisotopic (exact) mass is 462 g/mol. The molecule has 4 aliphatic carbocycles. The number of hydrogen-bond donors (Lipinski definition) is 0. The van der Waals surface area contributed by atoms with Crippen LogP contribution in [0.3, 0.4) is 0 Å². The maximum absolute atomic E-state index is 12.6. The fraction of sp³-hybridized carbons (Fsp3) is 0.889. The Bertz CT molecular complexity index is 665. The van der Waals surface area contributed by atoms with Gasteiger partial charge in [-0.15, -0.1) is 0 Å². The van der Waals surface area contributed by atoms with E-state index in [0.29, 0.717) is 11.2 Å². The van der Waals surface area contributed by atoms with Crippen molar-refractivity contribution in [2.75, 3.05) is 0 Å². The lowest BCUT2D eigenvalue weighted by Gasteiger charge is -2.58. The van der Waals surface area contributed by atoms with Crippen LogP contribution in [-0.2, 0) is 4.79 Å². The molecule has 0 aromatic heterocycles. The molecule has 0 amide bonds. The van der Waals surface area contributed by atoms with Crippen LogP contribution in [0.1, 0.15) is 98.8 Å². The number of rotatable bonds is 5. The van der Waals surface area contributed by atoms with Gasteiger partial charge in [-0.3, -0.25) is 4.79 Å². The lowest BCUT2D eigenvalue weighted by molar-refractivity contribution is -0.124. The Morgan fingerprint density at radius 2 is 1.86 bits per heavy atom. The van der Waals surface area contributed by atoms with E-state index in [-0.39, 0.29) is 10.2 Å². The summed E-state index contributed by atoms with van der Waals surface area (Å²) in [4.78, 5) is 12.7. The van der Waals surface area contributed by atoms with Gasteiger partial charge in [0.2, 0.25) is 0 Å². The predicted octanol–water partition coefficient (Wildman–Crippen LogP) is 7.97. The van der Waals surface area contributed by atoms with E-state index in [1.807, 2.05) is 0 Å². The zero-order chi connectivity index (χ0) is 21.0. The maximum Gasteiger partial charge on any atom is 0.147 e. The molecule has 0 heterocycles. The molecule has 0 saturated heterocycles. The molecule has 0 aromatic rings. The van der Waals surface area contributed by atoms with Crippen LogP contribution in [-0.4, -0.2) is 10.6 Å². The van der Waals surface area contributed by atoms with Crippen LogP contribution in [0.4, 0.5) is 0 Å². The van der Waals surface area contributed by atoms with Crippen molar-refractivity contribution in [2.45, 2.75) is 104 Å². The Morgan fingerprint density at radius 3 is 2.59 bits per heavy atom. The molecule has 29 heavy (non-hydrogen) atoms. The van der Waals surface area contributed by atoms with Crippen molar-refractivity contribution in [1.82, 2.24) is 0 Å². The Balaban J connectivity index is 1.51. The van der Waals surface area contributed by atoms with Crippen LogP contribution in [0.5, 0.6) is 0 Å². The molecule has 3 fully saturated rings. The molecule has 0 N–H and O–H groups in total. The lowest BCUT2D eigenvalue weighted by Crippen LogP contribution is -2.52. The summed E-state index contributed by atoms with van der Waals surface area (Å²) in [6, 6.07) is 0. The Kier molecular flexibility index (Phi) is 6.17. The standard InChI is InChI=1S/C27H43BrO/c1-17(2)7-6-8-18(3)21-11-12-22-20-10-9-19-15-24(28)25(29)16-27(19,5)23(20)13-14-26(21,22)4/h9,17-18,20-24H,6-8,10-16H2,1-5H3/t18-,20-,21-,22+,23+,24-,26-,27-/m0/s1. The van der Waals surface area contributed by atoms with Gasteiger partial charge < -0.3 is 0 Å². The van der Waals surface area contributed by atoms with Crippen molar-refractivity contribution in [3.8, 4) is 0 Å². The average molecular weight is 464 g/mol. The van der Waals surface area contributed by atoms with E-state index in [0.717, 1.165) is 48.3 Å². The van der Waals surface area contributed by atoms with Crippen LogP contribution in [0.2, 0.25) is 0 Å². The first-order valence-corrected chi connectivity index (χ1v) is 13.4. The van der Waals surface area contributed by atoms with Crippen molar-refractivity contribution < 1.29 is 4.79 Å². The van der Waals surface area contributed by atoms with E-state index in [2.05, 4.69) is 56.6 Å². The molecule has 4 rings (SSSR count). The highest BCUT2D eigenvalue weighted by atomic mass is 79.9. The van der Waals surface area contributed by atoms with Gasteiger partial charge in [-0.05, 0) is 84.9 Å². The van der Waals surface area contributed by atoms with Crippen LogP contribution in [0.25, 0.3) is 0 Å². The summed E-state index contributed by atoms with van der Waals surface area (Å²) in [6.45, 7) is 12.4. The highest BCUT2D eigenvalue weighted by Crippen LogP contribution is 2.67. The molecule has 0 aromatic carbocycles. The van der Waals surface area contributed by atoms with Crippen molar-refractivity contribution >= 4 is 21.7 Å². The van der Waals surface area contributed by atoms with E-state index < -0.39 is 0 Å². The fourth-order valence-electron chi connectivity index (χ4n) is 8.52. The first kappa shape index (κ1) is 22.1. The number of Topliss-reactive ketones (excluding diaryl/α,β-unsaturated/α-hetero) is 1. The van der Waals surface area contributed by atoms with Gasteiger partial charge in [0.15, 0.2) is 0 Å². The minimum Gasteiger partial charge on any atom is -0.298 e. The van der Waals surface area contributed by atoms with E-state index in [9.17, 15) is 4.79 Å². The second-order valence-electron chi connectivity index (χ2n) is 12.1. The molecule has 0 spiro atoms. The number of allylic oxidation sites excluding steroid dienone is 2. The van der Waals surface area contributed by atoms with Crippen molar-refractivity contribution in [2.24, 2.45) is 46.3 Å². The zero-order valence-electron chi connectivity index (χ0n) is 19.5. The van der Waals surface area contributed by atoms with Gasteiger partial charge >= 0.3 is 0 Å². The second kappa shape index (κ2) is 8.10. The van der Waals surface area contributed by atoms with Crippen LogP contribution in [0.15, 0.2) is 11.6 Å². The van der Waals surface area contributed by atoms with Crippen molar-refractivity contribution in [1.29, 1.82) is 0 Å². The molecule has 164 valence electrons. The molecule has 0 aliphatic heterocycles. The predicted molar refractivity (Wildman–Crippen MR) is 126 cm³/mol. The largest absolute Gasteiger partial charge is 0.298 e. The molecule has 0 radical (unpaired) electrons. The Hall–Kier alpha value is -0.110. The Labute approximate surface area is 188 Å². The third kappa shape index (κ3) is 3.72. The van der Waals surface area contributed by atoms with Gasteiger partial charge in [-0.1, -0.05) is 81.5 Å². The Morgan fingerprint density at radius 1 is 1.10 bits per heavy atom. The van der Waals surface area contributed by atoms with Gasteiger partial charge in [0.05, 0.1) is 4.83 Å². The van der Waals surface area contributed by atoms with Crippen LogP contribution in [0, 0.1) is 46.3 Å². The number of hydrogen-bond acceptors (Lipinski definition) is 1. The third-order valence-corrected chi connectivity index (χ3v) is 11.0. The summed E-state index contributed by atoms with van der Waals surface area (Å²) < 4.78 is 0. The molecular formula is C27H43BrO. The van der Waals surface area contributed by atoms with Crippen LogP contribution >= 0.6 is 15.9 Å². The number of fused-ring (bicyclic) bond motifs is 5. The number of halogens is 1. The minimum atomic E-state index is 0.0646. The van der Waals surface area contributed by atoms with Gasteiger partial charge in [0.1, 0.15) is 5.78 Å². The van der Waals surface area contributed by atoms with E-state index >= 15 is 0 Å². The molecule has 1 nitrogen and oxygen atoms in total. The molecule has 0 bridgehead atoms. The molecule has 4 aliphatic rings. The number of carbonyl (C=O) groups is 1. The minimum absolute atomic E-state index is 0.0646. The first-order valence-electron chi connectivity index (χ1n) is 12.5. The van der Waals surface area contributed by atoms with Gasteiger partial charge in [-0.25, -0.2) is 0 Å². The molecule has 2 heteroatoms. The molecule has 8 atom stereocenters. The molecule has 3 saturated carbocycles. The topological polar surface area (TPSA) is 17.1 Å². The fourth-order valence-corrected chi connectivity index (χ4v) is 9.03. The van der Waals surface area contributed by atoms with Gasteiger partial charge in [0.25, 0.3) is 0 Å². The molecule has 0 unspecified atom stereocenters. The third-order valence-electron chi connectivity index (χ3n) is 10.1. The van der Waals surface area contributed by atoms with Crippen molar-refractivity contribution in [3.05, 3.63) is 11.6 Å². The summed E-state index contributed by atoms with van der Waals surface area (Å²) in [7, 11) is 0. The smallest absolute Gasteiger partial charge is 0.147 e. The van der Waals surface area contributed by atoms with E-state index in [4.69, 9.17) is 0 Å². The normalized spacial score (nSPS) is 45.4. The highest BCUT2D eigenvalue weighted by Gasteiger charge is 2.59. The average Bonchev–Trinajstić information content (AvgIpc) is 3.00. The molecular weight excluding hydrogens is 420 g/mol. The highest BCUT2D eigenvalue weighted by molar-refractivity contribution is 9.10. The summed E-state index contributed by atoms with van der Waals surface area (Å²) in [6.07, 6.45) is 15.4. The first-order chi connectivity index (χ1) is 13.7. The van der Waals surface area contributed by atoms with E-state index in [1.54, 1.807) is 5.57 Å². The van der Waals surface area contributed by atoms with Gasteiger partial charge in [0, 0.05) is 6.42 Å². The lowest BCUT2D eigenvalue weighted by atomic mass is 9.47. The quantitative estimate of drug-likeness (QED) is 0.298. The number of alkyl halides is 1.